The maximum atomic E-state index is 5.59. The molecule has 9 heavy (non-hydrogen) atoms. The van der Waals surface area contributed by atoms with E-state index in [1.165, 1.54) is 25.7 Å². The summed E-state index contributed by atoms with van der Waals surface area (Å²) in [4.78, 5) is 0. The average molecular weight is 125 g/mol. The molecular formula is C8H15N. The van der Waals surface area contributed by atoms with Gasteiger partial charge in [-0.25, -0.2) is 0 Å². The van der Waals surface area contributed by atoms with Crippen molar-refractivity contribution in [2.24, 2.45) is 23.5 Å². The molecule has 0 heterocycles. The van der Waals surface area contributed by atoms with Gasteiger partial charge in [0.05, 0.1) is 0 Å². The minimum absolute atomic E-state index is 0.914. The van der Waals surface area contributed by atoms with Gasteiger partial charge >= 0.3 is 0 Å². The van der Waals surface area contributed by atoms with Crippen molar-refractivity contribution in [1.82, 2.24) is 0 Å². The van der Waals surface area contributed by atoms with Gasteiger partial charge in [-0.15, -0.1) is 0 Å². The Morgan fingerprint density at radius 3 is 2.89 bits per heavy atom. The minimum Gasteiger partial charge on any atom is -0.330 e. The number of hydrogen-bond acceptors (Lipinski definition) is 1. The first-order chi connectivity index (χ1) is 4.42. The van der Waals surface area contributed by atoms with E-state index in [9.17, 15) is 0 Å². The zero-order chi connectivity index (χ0) is 6.27. The fourth-order valence-electron chi connectivity index (χ4n) is 2.62. The van der Waals surface area contributed by atoms with Crippen LogP contribution in [0.2, 0.25) is 0 Å². The van der Waals surface area contributed by atoms with Gasteiger partial charge in [-0.1, -0.05) is 12.8 Å². The van der Waals surface area contributed by atoms with Crippen molar-refractivity contribution in [1.29, 1.82) is 0 Å². The number of rotatable bonds is 1. The van der Waals surface area contributed by atoms with Crippen molar-refractivity contribution in [3.05, 3.63) is 0 Å². The first kappa shape index (κ1) is 5.72. The highest BCUT2D eigenvalue weighted by molar-refractivity contribution is 4.93. The molecule has 0 aromatic rings. The summed E-state index contributed by atoms with van der Waals surface area (Å²) in [5.41, 5.74) is 5.59. The summed E-state index contributed by atoms with van der Waals surface area (Å²) < 4.78 is 0. The molecule has 3 atom stereocenters. The summed E-state index contributed by atoms with van der Waals surface area (Å²) in [6.07, 6.45) is 5.90. The highest BCUT2D eigenvalue weighted by Crippen LogP contribution is 2.50. The summed E-state index contributed by atoms with van der Waals surface area (Å²) in [7, 11) is 0. The van der Waals surface area contributed by atoms with Crippen LogP contribution < -0.4 is 5.73 Å². The third kappa shape index (κ3) is 0.710. The molecule has 0 aromatic heterocycles. The van der Waals surface area contributed by atoms with Crippen LogP contribution >= 0.6 is 0 Å². The van der Waals surface area contributed by atoms with E-state index in [-0.39, 0.29) is 0 Å². The van der Waals surface area contributed by atoms with E-state index in [0.29, 0.717) is 0 Å². The Morgan fingerprint density at radius 2 is 2.22 bits per heavy atom. The van der Waals surface area contributed by atoms with Gasteiger partial charge < -0.3 is 5.73 Å². The minimum atomic E-state index is 0.914. The van der Waals surface area contributed by atoms with Crippen LogP contribution in [0.1, 0.15) is 25.7 Å². The molecule has 2 aliphatic rings. The lowest BCUT2D eigenvalue weighted by atomic mass is 9.67. The fourth-order valence-corrected chi connectivity index (χ4v) is 2.62. The van der Waals surface area contributed by atoms with Gasteiger partial charge in [0, 0.05) is 0 Å². The van der Waals surface area contributed by atoms with Crippen molar-refractivity contribution in [3.8, 4) is 0 Å². The first-order valence-corrected chi connectivity index (χ1v) is 4.12. The molecule has 0 radical (unpaired) electrons. The second kappa shape index (κ2) is 1.98. The van der Waals surface area contributed by atoms with E-state index in [1.54, 1.807) is 0 Å². The fraction of sp³-hybridized carbons (Fsp3) is 1.00. The zero-order valence-electron chi connectivity index (χ0n) is 5.84. The second-order valence-electron chi connectivity index (χ2n) is 3.59. The molecule has 0 aliphatic heterocycles. The second-order valence-corrected chi connectivity index (χ2v) is 3.59. The molecule has 2 N–H and O–H groups in total. The van der Waals surface area contributed by atoms with Crippen LogP contribution in [0.4, 0.5) is 0 Å². The average Bonchev–Trinajstić information content (AvgIpc) is 2.14. The van der Waals surface area contributed by atoms with Gasteiger partial charge in [0.15, 0.2) is 0 Å². The normalized spacial score (nSPS) is 48.3. The van der Waals surface area contributed by atoms with Crippen LogP contribution in [-0.4, -0.2) is 6.54 Å². The smallest absolute Gasteiger partial charge is 0.00460 e. The Labute approximate surface area is 56.6 Å². The molecule has 2 rings (SSSR count). The summed E-state index contributed by atoms with van der Waals surface area (Å²) in [5.74, 6) is 3.06. The molecule has 52 valence electrons. The third-order valence-corrected chi connectivity index (χ3v) is 3.23. The van der Waals surface area contributed by atoms with E-state index in [0.717, 1.165) is 24.3 Å². The molecule has 1 heteroatoms. The Hall–Kier alpha value is -0.0400. The topological polar surface area (TPSA) is 26.0 Å². The van der Waals surface area contributed by atoms with Crippen LogP contribution in [0, 0.1) is 17.8 Å². The molecule has 0 aromatic carbocycles. The van der Waals surface area contributed by atoms with Crippen LogP contribution in [0.5, 0.6) is 0 Å². The van der Waals surface area contributed by atoms with E-state index in [1.807, 2.05) is 0 Å². The van der Waals surface area contributed by atoms with Crippen molar-refractivity contribution >= 4 is 0 Å². The number of hydrogen-bond donors (Lipinski definition) is 1. The molecule has 1 unspecified atom stereocenters. The Kier molecular flexibility index (Phi) is 1.26. The largest absolute Gasteiger partial charge is 0.330 e. The van der Waals surface area contributed by atoms with Gasteiger partial charge in [0.1, 0.15) is 0 Å². The van der Waals surface area contributed by atoms with E-state index in [2.05, 4.69) is 0 Å². The molecule has 1 nitrogen and oxygen atoms in total. The van der Waals surface area contributed by atoms with E-state index < -0.39 is 0 Å². The van der Waals surface area contributed by atoms with Crippen LogP contribution in [0.15, 0.2) is 0 Å². The lowest BCUT2D eigenvalue weighted by Gasteiger charge is -2.39. The van der Waals surface area contributed by atoms with Crippen LogP contribution in [0.25, 0.3) is 0 Å². The molecular weight excluding hydrogens is 110 g/mol. The van der Waals surface area contributed by atoms with E-state index >= 15 is 0 Å². The highest BCUT2D eigenvalue weighted by Gasteiger charge is 2.42. The number of nitrogens with two attached hydrogens (primary N) is 1. The SMILES string of the molecule is NC[C@@H]1C[C@@H]2CCCC12. The molecule has 0 spiro atoms. The molecule has 0 amide bonds. The maximum Gasteiger partial charge on any atom is -0.00460 e. The number of fused-ring (bicyclic) bond motifs is 1. The Morgan fingerprint density at radius 1 is 1.33 bits per heavy atom. The Balaban J connectivity index is 1.93. The zero-order valence-corrected chi connectivity index (χ0v) is 5.84. The standard InChI is InChI=1S/C8H15N/c9-5-7-4-6-2-1-3-8(6)7/h6-8H,1-5,9H2/t6-,7-,8?/m0/s1. The monoisotopic (exact) mass is 125 g/mol. The molecule has 2 saturated carbocycles. The lowest BCUT2D eigenvalue weighted by Crippen LogP contribution is -2.37. The molecule has 0 saturated heterocycles. The summed E-state index contributed by atoms with van der Waals surface area (Å²) in [5, 5.41) is 0. The van der Waals surface area contributed by atoms with Crippen LogP contribution in [-0.2, 0) is 0 Å². The van der Waals surface area contributed by atoms with Gasteiger partial charge in [0.2, 0.25) is 0 Å². The summed E-state index contributed by atoms with van der Waals surface area (Å²) in [6.45, 7) is 0.946. The van der Waals surface area contributed by atoms with Crippen molar-refractivity contribution in [2.45, 2.75) is 25.7 Å². The molecule has 2 aliphatic carbocycles. The highest BCUT2D eigenvalue weighted by atomic mass is 14.6. The molecule has 0 bridgehead atoms. The maximum absolute atomic E-state index is 5.59. The van der Waals surface area contributed by atoms with Crippen LogP contribution in [0.3, 0.4) is 0 Å². The summed E-state index contributed by atoms with van der Waals surface area (Å²) in [6, 6.07) is 0. The van der Waals surface area contributed by atoms with Gasteiger partial charge in [0.25, 0.3) is 0 Å². The Bertz CT molecular complexity index is 111. The van der Waals surface area contributed by atoms with Gasteiger partial charge in [-0.3, -0.25) is 0 Å². The predicted octanol–water partition coefficient (Wildman–Crippen LogP) is 1.38. The third-order valence-electron chi connectivity index (χ3n) is 3.23. The van der Waals surface area contributed by atoms with Crippen molar-refractivity contribution in [3.63, 3.8) is 0 Å². The van der Waals surface area contributed by atoms with Gasteiger partial charge in [-0.05, 0) is 37.1 Å². The van der Waals surface area contributed by atoms with Crippen molar-refractivity contribution in [2.75, 3.05) is 6.54 Å². The van der Waals surface area contributed by atoms with Crippen molar-refractivity contribution < 1.29 is 0 Å². The molecule has 2 fully saturated rings. The predicted molar refractivity (Wildman–Crippen MR) is 38.0 cm³/mol. The lowest BCUT2D eigenvalue weighted by molar-refractivity contribution is 0.111. The van der Waals surface area contributed by atoms with E-state index in [4.69, 9.17) is 5.73 Å². The quantitative estimate of drug-likeness (QED) is 0.563. The van der Waals surface area contributed by atoms with Gasteiger partial charge in [-0.2, -0.15) is 0 Å². The summed E-state index contributed by atoms with van der Waals surface area (Å²) >= 11 is 0. The first-order valence-electron chi connectivity index (χ1n) is 4.12.